The minimum Gasteiger partial charge on any atom is -0.398 e. The number of hydrogen-bond acceptors (Lipinski definition) is 2. The molecule has 0 bridgehead atoms. The Balaban J connectivity index is 2.02. The number of carbonyl (C=O) groups is 1. The predicted molar refractivity (Wildman–Crippen MR) is 79.0 cm³/mol. The molecule has 0 heterocycles. The highest BCUT2D eigenvalue weighted by atomic mass is 16.1. The molecule has 1 aliphatic carbocycles. The number of benzene rings is 1. The number of nitrogens with two attached hydrogens (primary N) is 1. The first-order valence-corrected chi connectivity index (χ1v) is 6.83. The number of carbonyl (C=O) groups excluding carboxylic acids is 1. The number of rotatable bonds is 3. The standard InChI is InChI=1S/C16H24N2O/c1-10-7-6-8-11(13(10)17)14(19)18-9-12-15(2,3)16(12,4)5/h6-8,12H,9,17H2,1-5H3,(H,18,19). The average molecular weight is 260 g/mol. The van der Waals surface area contributed by atoms with Crippen LogP contribution in [0.5, 0.6) is 0 Å². The molecule has 1 fully saturated rings. The van der Waals surface area contributed by atoms with Gasteiger partial charge in [0.25, 0.3) is 5.91 Å². The second-order valence-electron chi connectivity index (χ2n) is 6.74. The topological polar surface area (TPSA) is 55.1 Å². The molecule has 1 saturated carbocycles. The van der Waals surface area contributed by atoms with Crippen molar-refractivity contribution < 1.29 is 4.79 Å². The molecule has 104 valence electrons. The van der Waals surface area contributed by atoms with E-state index in [4.69, 9.17) is 5.73 Å². The third-order valence-corrected chi connectivity index (χ3v) is 5.36. The normalized spacial score (nSPS) is 20.1. The van der Waals surface area contributed by atoms with Crippen molar-refractivity contribution in [1.82, 2.24) is 5.32 Å². The second kappa shape index (κ2) is 4.26. The molecular formula is C16H24N2O. The molecule has 0 aliphatic heterocycles. The Hall–Kier alpha value is -1.51. The molecule has 3 nitrogen and oxygen atoms in total. The Morgan fingerprint density at radius 2 is 1.84 bits per heavy atom. The van der Waals surface area contributed by atoms with Gasteiger partial charge in [0, 0.05) is 12.2 Å². The van der Waals surface area contributed by atoms with Gasteiger partial charge in [0.15, 0.2) is 0 Å². The third kappa shape index (κ3) is 2.11. The van der Waals surface area contributed by atoms with Crippen molar-refractivity contribution in [1.29, 1.82) is 0 Å². The van der Waals surface area contributed by atoms with Crippen LogP contribution in [0, 0.1) is 23.7 Å². The Kier molecular flexibility index (Phi) is 3.12. The summed E-state index contributed by atoms with van der Waals surface area (Å²) in [7, 11) is 0. The lowest BCUT2D eigenvalue weighted by Crippen LogP contribution is -2.28. The van der Waals surface area contributed by atoms with Crippen molar-refractivity contribution in [3.8, 4) is 0 Å². The molecule has 0 radical (unpaired) electrons. The fourth-order valence-corrected chi connectivity index (χ4v) is 3.01. The largest absolute Gasteiger partial charge is 0.398 e. The van der Waals surface area contributed by atoms with Crippen LogP contribution in [-0.4, -0.2) is 12.5 Å². The number of anilines is 1. The molecule has 1 aromatic carbocycles. The van der Waals surface area contributed by atoms with Crippen LogP contribution < -0.4 is 11.1 Å². The summed E-state index contributed by atoms with van der Waals surface area (Å²) in [6.07, 6.45) is 0. The number of hydrogen-bond donors (Lipinski definition) is 2. The van der Waals surface area contributed by atoms with Gasteiger partial charge < -0.3 is 11.1 Å². The van der Waals surface area contributed by atoms with E-state index < -0.39 is 0 Å². The van der Waals surface area contributed by atoms with Crippen molar-refractivity contribution in [2.75, 3.05) is 12.3 Å². The number of aryl methyl sites for hydroxylation is 1. The van der Waals surface area contributed by atoms with Crippen LogP contribution >= 0.6 is 0 Å². The monoisotopic (exact) mass is 260 g/mol. The summed E-state index contributed by atoms with van der Waals surface area (Å²) in [4.78, 5) is 12.2. The Morgan fingerprint density at radius 1 is 1.26 bits per heavy atom. The summed E-state index contributed by atoms with van der Waals surface area (Å²) in [6, 6.07) is 5.56. The first-order valence-electron chi connectivity index (χ1n) is 6.83. The fraction of sp³-hybridized carbons (Fsp3) is 0.562. The first kappa shape index (κ1) is 13.9. The molecule has 0 unspecified atom stereocenters. The summed E-state index contributed by atoms with van der Waals surface area (Å²) in [5.74, 6) is 0.453. The first-order chi connectivity index (χ1) is 8.69. The van der Waals surface area contributed by atoms with Crippen LogP contribution in [-0.2, 0) is 0 Å². The van der Waals surface area contributed by atoms with E-state index in [0.717, 1.165) is 5.56 Å². The van der Waals surface area contributed by atoms with Crippen molar-refractivity contribution >= 4 is 11.6 Å². The molecule has 3 N–H and O–H groups in total. The lowest BCUT2D eigenvalue weighted by atomic mass is 10.0. The SMILES string of the molecule is Cc1cccc(C(=O)NCC2C(C)(C)C2(C)C)c1N. The van der Waals surface area contributed by atoms with Gasteiger partial charge in [-0.2, -0.15) is 0 Å². The summed E-state index contributed by atoms with van der Waals surface area (Å²) < 4.78 is 0. The molecule has 0 aromatic heterocycles. The summed E-state index contributed by atoms with van der Waals surface area (Å²) in [6.45, 7) is 11.6. The number of amides is 1. The van der Waals surface area contributed by atoms with E-state index >= 15 is 0 Å². The molecule has 0 spiro atoms. The van der Waals surface area contributed by atoms with Gasteiger partial charge in [0.1, 0.15) is 0 Å². The molecule has 1 amide bonds. The number of nitrogens with one attached hydrogen (secondary N) is 1. The third-order valence-electron chi connectivity index (χ3n) is 5.36. The van der Waals surface area contributed by atoms with Crippen molar-refractivity contribution in [2.24, 2.45) is 16.7 Å². The highest BCUT2D eigenvalue weighted by molar-refractivity contribution is 5.99. The molecule has 0 atom stereocenters. The van der Waals surface area contributed by atoms with Gasteiger partial charge in [-0.05, 0) is 35.3 Å². The Labute approximate surface area is 115 Å². The maximum atomic E-state index is 12.2. The second-order valence-corrected chi connectivity index (χ2v) is 6.74. The van der Waals surface area contributed by atoms with Gasteiger partial charge in [-0.15, -0.1) is 0 Å². The van der Waals surface area contributed by atoms with E-state index in [9.17, 15) is 4.79 Å². The van der Waals surface area contributed by atoms with Crippen molar-refractivity contribution in [3.05, 3.63) is 29.3 Å². The lowest BCUT2D eigenvalue weighted by Gasteiger charge is -2.10. The van der Waals surface area contributed by atoms with Crippen LogP contribution in [0.1, 0.15) is 43.6 Å². The zero-order chi connectivity index (χ0) is 14.4. The van der Waals surface area contributed by atoms with Crippen LogP contribution in [0.15, 0.2) is 18.2 Å². The maximum Gasteiger partial charge on any atom is 0.253 e. The van der Waals surface area contributed by atoms with E-state index in [0.29, 0.717) is 34.5 Å². The molecule has 3 heteroatoms. The number of nitrogen functional groups attached to an aromatic ring is 1. The van der Waals surface area contributed by atoms with Gasteiger partial charge in [0.05, 0.1) is 5.56 Å². The molecule has 1 aromatic rings. The van der Waals surface area contributed by atoms with E-state index in [1.807, 2.05) is 19.1 Å². The predicted octanol–water partition coefficient (Wildman–Crippen LogP) is 2.99. The van der Waals surface area contributed by atoms with Gasteiger partial charge in [-0.3, -0.25) is 4.79 Å². The molecule has 19 heavy (non-hydrogen) atoms. The average Bonchev–Trinajstić information content (AvgIpc) is 2.70. The van der Waals surface area contributed by atoms with Gasteiger partial charge in [-0.1, -0.05) is 39.8 Å². The Morgan fingerprint density at radius 3 is 2.37 bits per heavy atom. The van der Waals surface area contributed by atoms with E-state index in [1.54, 1.807) is 6.07 Å². The minimum absolute atomic E-state index is 0.0697. The lowest BCUT2D eigenvalue weighted by molar-refractivity contribution is 0.0950. The van der Waals surface area contributed by atoms with Crippen molar-refractivity contribution in [3.63, 3.8) is 0 Å². The highest BCUT2D eigenvalue weighted by Gasteiger charge is 2.64. The van der Waals surface area contributed by atoms with Gasteiger partial charge in [-0.25, -0.2) is 0 Å². The van der Waals surface area contributed by atoms with Crippen molar-refractivity contribution in [2.45, 2.75) is 34.6 Å². The molecular weight excluding hydrogens is 236 g/mol. The van der Waals surface area contributed by atoms with E-state index in [1.165, 1.54) is 0 Å². The smallest absolute Gasteiger partial charge is 0.253 e. The zero-order valence-electron chi connectivity index (χ0n) is 12.5. The van der Waals surface area contributed by atoms with Crippen LogP contribution in [0.4, 0.5) is 5.69 Å². The quantitative estimate of drug-likeness (QED) is 0.821. The Bertz CT molecular complexity index is 503. The molecule has 2 rings (SSSR count). The summed E-state index contributed by atoms with van der Waals surface area (Å²) >= 11 is 0. The summed E-state index contributed by atoms with van der Waals surface area (Å²) in [5.41, 5.74) is 8.63. The van der Waals surface area contributed by atoms with Crippen LogP contribution in [0.25, 0.3) is 0 Å². The van der Waals surface area contributed by atoms with E-state index in [-0.39, 0.29) is 5.91 Å². The van der Waals surface area contributed by atoms with Crippen LogP contribution in [0.2, 0.25) is 0 Å². The van der Waals surface area contributed by atoms with E-state index in [2.05, 4.69) is 33.0 Å². The fourth-order valence-electron chi connectivity index (χ4n) is 3.01. The maximum absolute atomic E-state index is 12.2. The van der Waals surface area contributed by atoms with Gasteiger partial charge >= 0.3 is 0 Å². The minimum atomic E-state index is -0.0697. The summed E-state index contributed by atoms with van der Waals surface area (Å²) in [5, 5.41) is 3.02. The number of para-hydroxylation sites is 1. The zero-order valence-corrected chi connectivity index (χ0v) is 12.5. The van der Waals surface area contributed by atoms with Crippen LogP contribution in [0.3, 0.4) is 0 Å². The molecule has 0 saturated heterocycles. The van der Waals surface area contributed by atoms with Gasteiger partial charge in [0.2, 0.25) is 0 Å². The highest BCUT2D eigenvalue weighted by Crippen LogP contribution is 2.67. The molecule has 1 aliphatic rings.